The maximum Gasteiger partial charge on any atom is 0.270 e. The Hall–Kier alpha value is -1.92. The molecule has 0 aliphatic rings. The van der Waals surface area contributed by atoms with Crippen molar-refractivity contribution in [2.24, 2.45) is 0 Å². The van der Waals surface area contributed by atoms with Gasteiger partial charge in [0, 0.05) is 12.4 Å². The van der Waals surface area contributed by atoms with Crippen LogP contribution in [0.15, 0.2) is 35.7 Å². The first-order valence-corrected chi connectivity index (χ1v) is 7.10. The number of benzene rings is 1. The van der Waals surface area contributed by atoms with E-state index in [0.29, 0.717) is 10.8 Å². The molecular formula is C14H17N3O2S. The van der Waals surface area contributed by atoms with Gasteiger partial charge in [-0.3, -0.25) is 4.79 Å². The highest BCUT2D eigenvalue weighted by Crippen LogP contribution is 2.19. The standard InChI is InChI=1S/C14H17N3O2S/c1-14(19,10-6-4-3-5-7-10)9-16-12(18)11-8-20-13(15-2)17-11/h3-8,19H,9H2,1-2H3,(H,15,17)(H,16,18). The van der Waals surface area contributed by atoms with Crippen molar-refractivity contribution in [1.82, 2.24) is 10.3 Å². The van der Waals surface area contributed by atoms with E-state index < -0.39 is 5.60 Å². The van der Waals surface area contributed by atoms with Crippen LogP contribution in [0.4, 0.5) is 5.13 Å². The van der Waals surface area contributed by atoms with Gasteiger partial charge in [0.15, 0.2) is 5.13 Å². The summed E-state index contributed by atoms with van der Waals surface area (Å²) in [7, 11) is 1.75. The highest BCUT2D eigenvalue weighted by atomic mass is 32.1. The third-order valence-corrected chi connectivity index (χ3v) is 3.80. The van der Waals surface area contributed by atoms with Crippen LogP contribution in [-0.4, -0.2) is 29.6 Å². The second-order valence-electron chi connectivity index (χ2n) is 4.61. The van der Waals surface area contributed by atoms with E-state index in [0.717, 1.165) is 5.56 Å². The first-order valence-electron chi connectivity index (χ1n) is 6.22. The Morgan fingerprint density at radius 1 is 1.40 bits per heavy atom. The van der Waals surface area contributed by atoms with Gasteiger partial charge < -0.3 is 15.7 Å². The summed E-state index contributed by atoms with van der Waals surface area (Å²) in [4.78, 5) is 16.1. The summed E-state index contributed by atoms with van der Waals surface area (Å²) in [6, 6.07) is 9.24. The molecule has 20 heavy (non-hydrogen) atoms. The van der Waals surface area contributed by atoms with Gasteiger partial charge in [0.1, 0.15) is 11.3 Å². The fraction of sp³-hybridized carbons (Fsp3) is 0.286. The second kappa shape index (κ2) is 6.02. The molecule has 1 atom stereocenters. The zero-order chi connectivity index (χ0) is 14.6. The van der Waals surface area contributed by atoms with Gasteiger partial charge in [-0.05, 0) is 12.5 Å². The Balaban J connectivity index is 1.99. The molecule has 1 unspecified atom stereocenters. The summed E-state index contributed by atoms with van der Waals surface area (Å²) in [6.07, 6.45) is 0. The van der Waals surface area contributed by atoms with Crippen LogP contribution in [0.3, 0.4) is 0 Å². The highest BCUT2D eigenvalue weighted by Gasteiger charge is 2.24. The molecule has 0 saturated heterocycles. The van der Waals surface area contributed by atoms with Crippen LogP contribution in [0, 0.1) is 0 Å². The van der Waals surface area contributed by atoms with Crippen LogP contribution in [0.25, 0.3) is 0 Å². The summed E-state index contributed by atoms with van der Waals surface area (Å²) >= 11 is 1.36. The monoisotopic (exact) mass is 291 g/mol. The van der Waals surface area contributed by atoms with Crippen LogP contribution < -0.4 is 10.6 Å². The first-order chi connectivity index (χ1) is 9.53. The molecule has 5 nitrogen and oxygen atoms in total. The molecule has 0 aliphatic carbocycles. The number of nitrogens with zero attached hydrogens (tertiary/aromatic N) is 1. The van der Waals surface area contributed by atoms with E-state index in [4.69, 9.17) is 0 Å². The van der Waals surface area contributed by atoms with E-state index in [9.17, 15) is 9.90 Å². The lowest BCUT2D eigenvalue weighted by Gasteiger charge is -2.24. The van der Waals surface area contributed by atoms with Crippen molar-refractivity contribution in [3.8, 4) is 0 Å². The minimum atomic E-state index is -1.11. The summed E-state index contributed by atoms with van der Waals surface area (Å²) < 4.78 is 0. The number of anilines is 1. The Bertz CT molecular complexity index is 581. The SMILES string of the molecule is CNc1nc(C(=O)NCC(C)(O)c2ccccc2)cs1. The van der Waals surface area contributed by atoms with Gasteiger partial charge in [-0.15, -0.1) is 11.3 Å². The molecule has 2 aromatic rings. The zero-order valence-electron chi connectivity index (χ0n) is 11.4. The van der Waals surface area contributed by atoms with Gasteiger partial charge in [-0.1, -0.05) is 30.3 Å². The molecule has 1 aromatic carbocycles. The van der Waals surface area contributed by atoms with Crippen molar-refractivity contribution in [1.29, 1.82) is 0 Å². The van der Waals surface area contributed by atoms with E-state index in [2.05, 4.69) is 15.6 Å². The molecule has 2 rings (SSSR count). The average molecular weight is 291 g/mol. The fourth-order valence-electron chi connectivity index (χ4n) is 1.74. The minimum absolute atomic E-state index is 0.127. The third-order valence-electron chi connectivity index (χ3n) is 2.94. The van der Waals surface area contributed by atoms with Crippen molar-refractivity contribution < 1.29 is 9.90 Å². The molecule has 0 spiro atoms. The number of rotatable bonds is 5. The van der Waals surface area contributed by atoms with Gasteiger partial charge in [0.2, 0.25) is 0 Å². The quantitative estimate of drug-likeness (QED) is 0.785. The van der Waals surface area contributed by atoms with Crippen molar-refractivity contribution in [2.45, 2.75) is 12.5 Å². The van der Waals surface area contributed by atoms with Crippen molar-refractivity contribution in [3.05, 3.63) is 47.0 Å². The Labute approximate surface area is 121 Å². The fourth-order valence-corrected chi connectivity index (χ4v) is 2.39. The molecule has 0 radical (unpaired) electrons. The number of amides is 1. The molecule has 6 heteroatoms. The summed E-state index contributed by atoms with van der Waals surface area (Å²) in [6.45, 7) is 1.80. The van der Waals surface area contributed by atoms with Gasteiger partial charge in [-0.25, -0.2) is 4.98 Å². The molecule has 0 aliphatic heterocycles. The van der Waals surface area contributed by atoms with E-state index in [1.54, 1.807) is 19.4 Å². The number of hydrogen-bond acceptors (Lipinski definition) is 5. The first kappa shape index (κ1) is 14.5. The van der Waals surface area contributed by atoms with Gasteiger partial charge in [0.25, 0.3) is 5.91 Å². The Morgan fingerprint density at radius 3 is 2.70 bits per heavy atom. The normalized spacial score (nSPS) is 13.6. The largest absolute Gasteiger partial charge is 0.384 e. The number of hydrogen-bond donors (Lipinski definition) is 3. The van der Waals surface area contributed by atoms with E-state index >= 15 is 0 Å². The van der Waals surface area contributed by atoms with E-state index in [-0.39, 0.29) is 12.5 Å². The molecule has 0 saturated carbocycles. The van der Waals surface area contributed by atoms with Gasteiger partial charge >= 0.3 is 0 Å². The van der Waals surface area contributed by atoms with Crippen LogP contribution in [0.1, 0.15) is 23.0 Å². The zero-order valence-corrected chi connectivity index (χ0v) is 12.2. The predicted molar refractivity (Wildman–Crippen MR) is 80.0 cm³/mol. The number of aromatic nitrogens is 1. The predicted octanol–water partition coefficient (Wildman–Crippen LogP) is 1.82. The topological polar surface area (TPSA) is 74.2 Å². The van der Waals surface area contributed by atoms with Crippen molar-refractivity contribution in [2.75, 3.05) is 18.9 Å². The van der Waals surface area contributed by atoms with Gasteiger partial charge in [-0.2, -0.15) is 0 Å². The van der Waals surface area contributed by atoms with Crippen LogP contribution >= 0.6 is 11.3 Å². The van der Waals surface area contributed by atoms with E-state index in [1.165, 1.54) is 11.3 Å². The molecule has 0 fully saturated rings. The highest BCUT2D eigenvalue weighted by molar-refractivity contribution is 7.13. The number of nitrogens with one attached hydrogen (secondary N) is 2. The smallest absolute Gasteiger partial charge is 0.270 e. The molecule has 106 valence electrons. The minimum Gasteiger partial charge on any atom is -0.384 e. The molecule has 3 N–H and O–H groups in total. The maximum absolute atomic E-state index is 11.9. The molecule has 1 amide bonds. The lowest BCUT2D eigenvalue weighted by atomic mass is 9.96. The summed E-state index contributed by atoms with van der Waals surface area (Å²) in [5.41, 5.74) is -0.00334. The van der Waals surface area contributed by atoms with Crippen LogP contribution in [0.5, 0.6) is 0 Å². The summed E-state index contributed by atoms with van der Waals surface area (Å²) in [5, 5.41) is 18.3. The number of carbonyl (C=O) groups is 1. The van der Waals surface area contributed by atoms with Gasteiger partial charge in [0.05, 0.1) is 6.54 Å². The lowest BCUT2D eigenvalue weighted by molar-refractivity contribution is 0.0525. The molecule has 1 heterocycles. The van der Waals surface area contributed by atoms with Crippen molar-refractivity contribution >= 4 is 22.4 Å². The molecule has 0 bridgehead atoms. The number of carbonyl (C=O) groups excluding carboxylic acids is 1. The van der Waals surface area contributed by atoms with Crippen LogP contribution in [0.2, 0.25) is 0 Å². The third kappa shape index (κ3) is 3.34. The van der Waals surface area contributed by atoms with E-state index in [1.807, 2.05) is 30.3 Å². The average Bonchev–Trinajstić information content (AvgIpc) is 2.95. The number of thiazole rings is 1. The number of aliphatic hydroxyl groups is 1. The molecule has 1 aromatic heterocycles. The Kier molecular flexibility index (Phi) is 4.36. The lowest BCUT2D eigenvalue weighted by Crippen LogP contribution is -2.38. The maximum atomic E-state index is 11.9. The molecular weight excluding hydrogens is 274 g/mol. The van der Waals surface area contributed by atoms with Crippen LogP contribution in [-0.2, 0) is 5.60 Å². The van der Waals surface area contributed by atoms with Crippen molar-refractivity contribution in [3.63, 3.8) is 0 Å². The Morgan fingerprint density at radius 2 is 2.10 bits per heavy atom. The summed E-state index contributed by atoms with van der Waals surface area (Å²) in [5.74, 6) is -0.293. The second-order valence-corrected chi connectivity index (χ2v) is 5.47.